The lowest BCUT2D eigenvalue weighted by Gasteiger charge is -2.42. The Hall–Kier alpha value is -1.10. The smallest absolute Gasteiger partial charge is 0.248 e. The Morgan fingerprint density at radius 1 is 1.19 bits per heavy atom. The van der Waals surface area contributed by atoms with Gasteiger partial charge in [0.05, 0.1) is 0 Å². The first-order chi connectivity index (χ1) is 10.0. The van der Waals surface area contributed by atoms with E-state index < -0.39 is 5.54 Å². The Morgan fingerprint density at radius 3 is 2.57 bits per heavy atom. The highest BCUT2D eigenvalue weighted by Gasteiger charge is 2.48. The highest BCUT2D eigenvalue weighted by atomic mass is 16.2. The van der Waals surface area contributed by atoms with Crippen LogP contribution in [0.2, 0.25) is 0 Å². The number of piperidine rings is 1. The number of rotatable bonds is 1. The van der Waals surface area contributed by atoms with Gasteiger partial charge >= 0.3 is 0 Å². The molecule has 0 radical (unpaired) electrons. The van der Waals surface area contributed by atoms with E-state index in [-0.39, 0.29) is 11.8 Å². The summed E-state index contributed by atoms with van der Waals surface area (Å²) in [5.41, 5.74) is -0.583. The van der Waals surface area contributed by atoms with E-state index in [9.17, 15) is 9.59 Å². The van der Waals surface area contributed by atoms with Crippen molar-refractivity contribution >= 4 is 11.8 Å². The molecule has 3 fully saturated rings. The molecule has 0 aromatic carbocycles. The monoisotopic (exact) mass is 293 g/mol. The highest BCUT2D eigenvalue weighted by Crippen LogP contribution is 2.35. The molecular weight excluding hydrogens is 266 g/mol. The molecule has 1 aliphatic carbocycles. The van der Waals surface area contributed by atoms with Crippen molar-refractivity contribution in [3.63, 3.8) is 0 Å². The molecule has 0 aromatic rings. The molecule has 2 atom stereocenters. The van der Waals surface area contributed by atoms with Gasteiger partial charge in [0, 0.05) is 31.6 Å². The van der Waals surface area contributed by atoms with Crippen LogP contribution in [0.15, 0.2) is 0 Å². The summed E-state index contributed by atoms with van der Waals surface area (Å²) >= 11 is 0. The quantitative estimate of drug-likeness (QED) is 0.788. The number of nitrogens with zero attached hydrogens (tertiary/aromatic N) is 2. The molecule has 2 aliphatic heterocycles. The lowest BCUT2D eigenvalue weighted by atomic mass is 9.92. The summed E-state index contributed by atoms with van der Waals surface area (Å²) < 4.78 is 0. The van der Waals surface area contributed by atoms with E-state index in [2.05, 4.69) is 24.2 Å². The van der Waals surface area contributed by atoms with Crippen LogP contribution in [0.3, 0.4) is 0 Å². The van der Waals surface area contributed by atoms with Gasteiger partial charge in [0.15, 0.2) is 0 Å². The number of amides is 2. The minimum absolute atomic E-state index is 0.0497. The summed E-state index contributed by atoms with van der Waals surface area (Å²) in [5, 5.41) is 3.05. The number of carbonyl (C=O) groups excluding carboxylic acids is 2. The number of nitrogens with one attached hydrogen (secondary N) is 1. The van der Waals surface area contributed by atoms with E-state index in [1.165, 1.54) is 0 Å². The first kappa shape index (κ1) is 14.8. The normalized spacial score (nSPS) is 34.1. The molecule has 2 unspecified atom stereocenters. The molecule has 1 saturated carbocycles. The van der Waals surface area contributed by atoms with Crippen molar-refractivity contribution in [2.45, 2.75) is 69.5 Å². The molecule has 2 saturated heterocycles. The van der Waals surface area contributed by atoms with E-state index in [4.69, 9.17) is 0 Å². The summed E-state index contributed by atoms with van der Waals surface area (Å²) in [6.45, 7) is 3.85. The van der Waals surface area contributed by atoms with E-state index in [0.29, 0.717) is 25.0 Å². The second kappa shape index (κ2) is 5.59. The molecule has 0 bridgehead atoms. The van der Waals surface area contributed by atoms with Crippen LogP contribution in [-0.4, -0.2) is 59.4 Å². The van der Waals surface area contributed by atoms with Gasteiger partial charge in [0.25, 0.3) is 0 Å². The minimum Gasteiger partial charge on any atom is -0.342 e. The molecule has 21 heavy (non-hydrogen) atoms. The molecule has 1 N–H and O–H groups in total. The molecule has 5 heteroatoms. The third kappa shape index (κ3) is 2.68. The molecule has 3 rings (SSSR count). The fourth-order valence-electron chi connectivity index (χ4n) is 4.19. The van der Waals surface area contributed by atoms with E-state index in [0.717, 1.165) is 45.1 Å². The summed E-state index contributed by atoms with van der Waals surface area (Å²) in [6.07, 6.45) is 6.22. The van der Waals surface area contributed by atoms with E-state index >= 15 is 0 Å². The lowest BCUT2D eigenvalue weighted by molar-refractivity contribution is -0.141. The van der Waals surface area contributed by atoms with Crippen LogP contribution in [0.5, 0.6) is 0 Å². The predicted octanol–water partition coefficient (Wildman–Crippen LogP) is 1.13. The lowest BCUT2D eigenvalue weighted by Crippen LogP contribution is -2.59. The van der Waals surface area contributed by atoms with Crippen molar-refractivity contribution < 1.29 is 9.59 Å². The van der Waals surface area contributed by atoms with Crippen LogP contribution < -0.4 is 5.32 Å². The Kier molecular flexibility index (Phi) is 3.95. The molecule has 3 aliphatic rings. The molecule has 2 amide bonds. The zero-order chi connectivity index (χ0) is 15.0. The second-order valence-electron chi connectivity index (χ2n) is 7.09. The van der Waals surface area contributed by atoms with Crippen molar-refractivity contribution in [2.24, 2.45) is 0 Å². The molecule has 5 nitrogen and oxygen atoms in total. The summed E-state index contributed by atoms with van der Waals surface area (Å²) in [7, 11) is 2.15. The number of hydrogen-bond acceptors (Lipinski definition) is 3. The van der Waals surface area contributed by atoms with Gasteiger partial charge in [-0.1, -0.05) is 12.8 Å². The van der Waals surface area contributed by atoms with Gasteiger partial charge in [-0.2, -0.15) is 0 Å². The molecule has 1 spiro atoms. The maximum absolute atomic E-state index is 13.1. The van der Waals surface area contributed by atoms with Crippen molar-refractivity contribution in [2.75, 3.05) is 20.1 Å². The van der Waals surface area contributed by atoms with Gasteiger partial charge in [-0.15, -0.1) is 0 Å². The molecule has 2 heterocycles. The second-order valence-corrected chi connectivity index (χ2v) is 7.09. The van der Waals surface area contributed by atoms with Crippen LogP contribution in [0.4, 0.5) is 0 Å². The number of hydrogen-bond donors (Lipinski definition) is 1. The van der Waals surface area contributed by atoms with Crippen LogP contribution >= 0.6 is 0 Å². The van der Waals surface area contributed by atoms with Gasteiger partial charge in [-0.3, -0.25) is 9.59 Å². The van der Waals surface area contributed by atoms with Crippen LogP contribution in [0.25, 0.3) is 0 Å². The largest absolute Gasteiger partial charge is 0.342 e. The average Bonchev–Trinajstić information content (AvgIpc) is 2.87. The highest BCUT2D eigenvalue weighted by molar-refractivity contribution is 5.94. The molecule has 0 aromatic heterocycles. The van der Waals surface area contributed by atoms with Gasteiger partial charge in [0.2, 0.25) is 11.8 Å². The average molecular weight is 293 g/mol. The first-order valence-corrected chi connectivity index (χ1v) is 8.34. The van der Waals surface area contributed by atoms with Crippen LogP contribution in [-0.2, 0) is 9.59 Å². The molecule has 118 valence electrons. The summed E-state index contributed by atoms with van der Waals surface area (Å²) in [6, 6.07) is 0.803. The topological polar surface area (TPSA) is 52.7 Å². The number of carbonyl (C=O) groups is 2. The SMILES string of the molecule is CC1CC(N2CCC(=O)NC3(CCCC3)C2=O)CCN1C. The fraction of sp³-hybridized carbons (Fsp3) is 0.875. The van der Waals surface area contributed by atoms with Gasteiger partial charge in [-0.25, -0.2) is 0 Å². The van der Waals surface area contributed by atoms with Crippen molar-refractivity contribution in [1.29, 1.82) is 0 Å². The Labute approximate surface area is 127 Å². The molecular formula is C16H27N3O2. The van der Waals surface area contributed by atoms with Gasteiger partial charge in [-0.05, 0) is 39.7 Å². The summed E-state index contributed by atoms with van der Waals surface area (Å²) in [5.74, 6) is 0.237. The van der Waals surface area contributed by atoms with Crippen molar-refractivity contribution in [3.8, 4) is 0 Å². The first-order valence-electron chi connectivity index (χ1n) is 8.34. The van der Waals surface area contributed by atoms with Crippen LogP contribution in [0.1, 0.15) is 51.9 Å². The summed E-state index contributed by atoms with van der Waals surface area (Å²) in [4.78, 5) is 29.5. The van der Waals surface area contributed by atoms with E-state index in [1.54, 1.807) is 0 Å². The van der Waals surface area contributed by atoms with Crippen molar-refractivity contribution in [3.05, 3.63) is 0 Å². The Morgan fingerprint density at radius 2 is 1.90 bits per heavy atom. The Balaban J connectivity index is 1.80. The standard InChI is InChI=1S/C16H27N3O2/c1-12-11-13(5-9-18(12)2)19-10-6-14(20)17-16(15(19)21)7-3-4-8-16/h12-13H,3-11H2,1-2H3,(H,17,20). The predicted molar refractivity (Wildman–Crippen MR) is 80.8 cm³/mol. The van der Waals surface area contributed by atoms with E-state index in [1.807, 2.05) is 4.90 Å². The zero-order valence-corrected chi connectivity index (χ0v) is 13.2. The number of likely N-dealkylation sites (tertiary alicyclic amines) is 1. The fourth-order valence-corrected chi connectivity index (χ4v) is 4.19. The van der Waals surface area contributed by atoms with Gasteiger partial charge in [0.1, 0.15) is 5.54 Å². The Bertz CT molecular complexity index is 431. The third-order valence-corrected chi connectivity index (χ3v) is 5.71. The van der Waals surface area contributed by atoms with Crippen molar-refractivity contribution in [1.82, 2.24) is 15.1 Å². The van der Waals surface area contributed by atoms with Gasteiger partial charge < -0.3 is 15.1 Å². The van der Waals surface area contributed by atoms with Crippen LogP contribution in [0, 0.1) is 0 Å². The maximum Gasteiger partial charge on any atom is 0.248 e. The minimum atomic E-state index is -0.583. The maximum atomic E-state index is 13.1. The third-order valence-electron chi connectivity index (χ3n) is 5.71. The zero-order valence-electron chi connectivity index (χ0n) is 13.2.